The van der Waals surface area contributed by atoms with E-state index >= 15 is 0 Å². The number of nitrogens with zero attached hydrogens (tertiary/aromatic N) is 2. The molecule has 2 amide bonds. The van der Waals surface area contributed by atoms with Crippen molar-refractivity contribution in [3.05, 3.63) is 47.8 Å². The Bertz CT molecular complexity index is 855. The van der Waals surface area contributed by atoms with E-state index in [9.17, 15) is 9.59 Å². The van der Waals surface area contributed by atoms with E-state index < -0.39 is 0 Å². The van der Waals surface area contributed by atoms with Crippen LogP contribution in [0.1, 0.15) is 28.9 Å². The van der Waals surface area contributed by atoms with Crippen LogP contribution in [0.5, 0.6) is 17.2 Å². The van der Waals surface area contributed by atoms with E-state index in [1.54, 1.807) is 23.2 Å². The quantitative estimate of drug-likeness (QED) is 0.749. The Morgan fingerprint density at radius 1 is 1.07 bits per heavy atom. The second-order valence-corrected chi connectivity index (χ2v) is 7.02. The predicted octanol–water partition coefficient (Wildman–Crippen LogP) is 2.28. The second kappa shape index (κ2) is 9.96. The maximum absolute atomic E-state index is 13.0. The van der Waals surface area contributed by atoms with E-state index in [1.807, 2.05) is 18.2 Å². The molecule has 1 saturated heterocycles. The Labute approximate surface area is 176 Å². The topological polar surface area (TPSA) is 90.0 Å². The van der Waals surface area contributed by atoms with Crippen LogP contribution in [0.4, 0.5) is 0 Å². The molecule has 1 fully saturated rings. The van der Waals surface area contributed by atoms with E-state index in [0.717, 1.165) is 5.69 Å². The number of benzene rings is 1. The summed E-state index contributed by atoms with van der Waals surface area (Å²) in [5.41, 5.74) is 1.28. The van der Waals surface area contributed by atoms with Crippen molar-refractivity contribution in [1.82, 2.24) is 15.2 Å². The fraction of sp³-hybridized carbons (Fsp3) is 0.409. The number of hydrogen-bond acceptors (Lipinski definition) is 6. The van der Waals surface area contributed by atoms with E-state index in [1.165, 1.54) is 21.3 Å². The Kier molecular flexibility index (Phi) is 7.11. The molecule has 0 spiro atoms. The summed E-state index contributed by atoms with van der Waals surface area (Å²) in [5, 5.41) is 2.94. The number of nitrogens with one attached hydrogen (secondary N) is 1. The largest absolute Gasteiger partial charge is 0.493 e. The van der Waals surface area contributed by atoms with Gasteiger partial charge in [-0.05, 0) is 37.1 Å². The molecule has 2 heterocycles. The van der Waals surface area contributed by atoms with Gasteiger partial charge in [0.1, 0.15) is 0 Å². The molecule has 160 valence electrons. The molecule has 2 aromatic rings. The van der Waals surface area contributed by atoms with E-state index in [4.69, 9.17) is 14.2 Å². The average Bonchev–Trinajstić information content (AvgIpc) is 2.81. The molecule has 1 aromatic carbocycles. The molecular formula is C22H27N3O5. The summed E-state index contributed by atoms with van der Waals surface area (Å²) in [6, 6.07) is 8.90. The van der Waals surface area contributed by atoms with Gasteiger partial charge in [0.15, 0.2) is 11.5 Å². The lowest BCUT2D eigenvalue weighted by Gasteiger charge is -2.31. The van der Waals surface area contributed by atoms with E-state index in [-0.39, 0.29) is 17.7 Å². The van der Waals surface area contributed by atoms with Crippen molar-refractivity contribution < 1.29 is 23.8 Å². The van der Waals surface area contributed by atoms with Crippen molar-refractivity contribution in [3.8, 4) is 17.2 Å². The van der Waals surface area contributed by atoms with Crippen LogP contribution in [0.15, 0.2) is 36.5 Å². The first-order chi connectivity index (χ1) is 14.6. The van der Waals surface area contributed by atoms with Crippen molar-refractivity contribution in [2.24, 2.45) is 5.92 Å². The van der Waals surface area contributed by atoms with Gasteiger partial charge in [-0.15, -0.1) is 0 Å². The fourth-order valence-corrected chi connectivity index (χ4v) is 3.56. The number of carbonyl (C=O) groups excluding carboxylic acids is 2. The molecule has 1 aliphatic heterocycles. The number of pyridine rings is 1. The molecule has 0 atom stereocenters. The number of rotatable bonds is 7. The first-order valence-corrected chi connectivity index (χ1v) is 9.84. The fourth-order valence-electron chi connectivity index (χ4n) is 3.56. The first kappa shape index (κ1) is 21.4. The van der Waals surface area contributed by atoms with Gasteiger partial charge in [0, 0.05) is 30.8 Å². The monoisotopic (exact) mass is 413 g/mol. The highest BCUT2D eigenvalue weighted by Crippen LogP contribution is 2.38. The van der Waals surface area contributed by atoms with Crippen LogP contribution in [0, 0.1) is 5.92 Å². The van der Waals surface area contributed by atoms with E-state index in [2.05, 4.69) is 10.3 Å². The molecule has 8 heteroatoms. The molecule has 1 N–H and O–H groups in total. The van der Waals surface area contributed by atoms with Gasteiger partial charge < -0.3 is 24.4 Å². The van der Waals surface area contributed by atoms with Crippen LogP contribution in [-0.4, -0.2) is 56.1 Å². The summed E-state index contributed by atoms with van der Waals surface area (Å²) in [4.78, 5) is 31.4. The second-order valence-electron chi connectivity index (χ2n) is 7.02. The Morgan fingerprint density at radius 3 is 2.27 bits per heavy atom. The molecule has 0 bridgehead atoms. The lowest BCUT2D eigenvalue weighted by molar-refractivity contribution is -0.126. The van der Waals surface area contributed by atoms with Crippen molar-refractivity contribution in [1.29, 1.82) is 0 Å². The molecular weight excluding hydrogens is 386 g/mol. The summed E-state index contributed by atoms with van der Waals surface area (Å²) in [6.45, 7) is 1.43. The highest BCUT2D eigenvalue weighted by Gasteiger charge is 2.29. The minimum atomic E-state index is -0.124. The van der Waals surface area contributed by atoms with Gasteiger partial charge >= 0.3 is 0 Å². The van der Waals surface area contributed by atoms with Crippen LogP contribution in [-0.2, 0) is 11.3 Å². The van der Waals surface area contributed by atoms with Crippen LogP contribution in [0.3, 0.4) is 0 Å². The van der Waals surface area contributed by atoms with Gasteiger partial charge in [0.25, 0.3) is 5.91 Å². The Morgan fingerprint density at radius 2 is 1.73 bits per heavy atom. The third-order valence-corrected chi connectivity index (χ3v) is 5.23. The maximum Gasteiger partial charge on any atom is 0.254 e. The lowest BCUT2D eigenvalue weighted by atomic mass is 9.95. The molecule has 1 aromatic heterocycles. The summed E-state index contributed by atoms with van der Waals surface area (Å²) in [7, 11) is 4.55. The number of amides is 2. The molecule has 1 aliphatic rings. The van der Waals surface area contributed by atoms with Crippen molar-refractivity contribution in [2.75, 3.05) is 34.4 Å². The molecule has 0 aliphatic carbocycles. The number of hydrogen-bond donors (Lipinski definition) is 1. The molecule has 30 heavy (non-hydrogen) atoms. The van der Waals surface area contributed by atoms with Crippen LogP contribution >= 0.6 is 0 Å². The number of aromatic nitrogens is 1. The third kappa shape index (κ3) is 4.82. The van der Waals surface area contributed by atoms with E-state index in [0.29, 0.717) is 55.3 Å². The highest BCUT2D eigenvalue weighted by atomic mass is 16.5. The predicted molar refractivity (Wildman–Crippen MR) is 111 cm³/mol. The average molecular weight is 413 g/mol. The maximum atomic E-state index is 13.0. The van der Waals surface area contributed by atoms with Crippen LogP contribution in [0.25, 0.3) is 0 Å². The SMILES string of the molecule is COc1cc(C(=O)N2CCC(C(=O)NCc3ccccn3)CC2)cc(OC)c1OC. The zero-order chi connectivity index (χ0) is 21.5. The highest BCUT2D eigenvalue weighted by molar-refractivity contribution is 5.96. The third-order valence-electron chi connectivity index (χ3n) is 5.23. The summed E-state index contributed by atoms with van der Waals surface area (Å²) in [5.74, 6) is 1.08. The van der Waals surface area contributed by atoms with Gasteiger partial charge in [0.05, 0.1) is 33.6 Å². The van der Waals surface area contributed by atoms with Gasteiger partial charge in [-0.3, -0.25) is 14.6 Å². The van der Waals surface area contributed by atoms with Crippen molar-refractivity contribution in [2.45, 2.75) is 19.4 Å². The van der Waals surface area contributed by atoms with Crippen LogP contribution < -0.4 is 19.5 Å². The summed E-state index contributed by atoms with van der Waals surface area (Å²) in [6.07, 6.45) is 2.93. The number of methoxy groups -OCH3 is 3. The zero-order valence-electron chi connectivity index (χ0n) is 17.5. The minimum Gasteiger partial charge on any atom is -0.493 e. The number of likely N-dealkylation sites (tertiary alicyclic amines) is 1. The van der Waals surface area contributed by atoms with Crippen LogP contribution in [0.2, 0.25) is 0 Å². The number of ether oxygens (including phenoxy) is 3. The van der Waals surface area contributed by atoms with Gasteiger partial charge in [-0.1, -0.05) is 6.07 Å². The molecule has 8 nitrogen and oxygen atoms in total. The van der Waals surface area contributed by atoms with Crippen molar-refractivity contribution in [3.63, 3.8) is 0 Å². The minimum absolute atomic E-state index is 0.000498. The molecule has 3 rings (SSSR count). The normalized spacial score (nSPS) is 14.2. The van der Waals surface area contributed by atoms with Crippen molar-refractivity contribution >= 4 is 11.8 Å². The summed E-state index contributed by atoms with van der Waals surface area (Å²) < 4.78 is 16.0. The smallest absolute Gasteiger partial charge is 0.254 e. The number of piperidine rings is 1. The Balaban J connectivity index is 1.59. The zero-order valence-corrected chi connectivity index (χ0v) is 17.5. The van der Waals surface area contributed by atoms with Gasteiger partial charge in [0.2, 0.25) is 11.7 Å². The lowest BCUT2D eigenvalue weighted by Crippen LogP contribution is -2.43. The Hall–Kier alpha value is -3.29. The molecule has 0 unspecified atom stereocenters. The van der Waals surface area contributed by atoms with Gasteiger partial charge in [-0.2, -0.15) is 0 Å². The number of carbonyl (C=O) groups is 2. The summed E-state index contributed by atoms with van der Waals surface area (Å²) >= 11 is 0. The van der Waals surface area contributed by atoms with Gasteiger partial charge in [-0.25, -0.2) is 0 Å². The first-order valence-electron chi connectivity index (χ1n) is 9.84. The molecule has 0 saturated carbocycles. The molecule has 0 radical (unpaired) electrons. The standard InChI is InChI=1S/C22H27N3O5/c1-28-18-12-16(13-19(29-2)20(18)30-3)22(27)25-10-7-15(8-11-25)21(26)24-14-17-6-4-5-9-23-17/h4-6,9,12-13,15H,7-8,10-11,14H2,1-3H3,(H,24,26).